The number of ether oxygens (including phenoxy) is 1. The minimum Gasteiger partial charge on any atom is -0.375 e. The number of benzene rings is 1. The average molecular weight is 283 g/mol. The molecule has 0 N–H and O–H groups in total. The lowest BCUT2D eigenvalue weighted by molar-refractivity contribution is 0.0338. The van der Waals surface area contributed by atoms with Gasteiger partial charge in [0, 0.05) is 25.5 Å². The van der Waals surface area contributed by atoms with Gasteiger partial charge in [0.25, 0.3) is 0 Å². The number of nitrogens with zero attached hydrogens (tertiary/aromatic N) is 3. The van der Waals surface area contributed by atoms with Crippen LogP contribution in [0.5, 0.6) is 0 Å². The molecular weight excluding hydrogens is 262 g/mol. The van der Waals surface area contributed by atoms with Gasteiger partial charge in [0.1, 0.15) is 5.82 Å². The number of morpholine rings is 1. The van der Waals surface area contributed by atoms with E-state index in [0.29, 0.717) is 6.10 Å². The Hall–Kier alpha value is -1.94. The summed E-state index contributed by atoms with van der Waals surface area (Å²) in [5, 5.41) is 0. The maximum absolute atomic E-state index is 5.88. The first-order valence-electron chi connectivity index (χ1n) is 7.58. The molecule has 1 saturated heterocycles. The number of aromatic nitrogens is 2. The molecular formula is C17H21N3O. The third-order valence-electron chi connectivity index (χ3n) is 3.85. The van der Waals surface area contributed by atoms with E-state index in [9.17, 15) is 0 Å². The Morgan fingerprint density at radius 2 is 2.10 bits per heavy atom. The fraction of sp³-hybridized carbons (Fsp3) is 0.412. The molecule has 1 aliphatic rings. The molecule has 2 heterocycles. The van der Waals surface area contributed by atoms with Crippen LogP contribution < -0.4 is 4.90 Å². The number of anilines is 1. The highest BCUT2D eigenvalue weighted by Crippen LogP contribution is 2.17. The van der Waals surface area contributed by atoms with E-state index in [0.717, 1.165) is 44.8 Å². The third kappa shape index (κ3) is 4.02. The van der Waals surface area contributed by atoms with Gasteiger partial charge in [0.15, 0.2) is 0 Å². The fourth-order valence-electron chi connectivity index (χ4n) is 2.74. The molecule has 0 radical (unpaired) electrons. The maximum atomic E-state index is 5.88. The van der Waals surface area contributed by atoms with Crippen molar-refractivity contribution in [1.29, 1.82) is 0 Å². The molecule has 0 spiro atoms. The largest absolute Gasteiger partial charge is 0.375 e. The lowest BCUT2D eigenvalue weighted by Gasteiger charge is -2.33. The molecule has 1 unspecified atom stereocenters. The smallest absolute Gasteiger partial charge is 0.147 e. The van der Waals surface area contributed by atoms with Crippen molar-refractivity contribution in [2.75, 3.05) is 24.6 Å². The van der Waals surface area contributed by atoms with E-state index in [1.807, 2.05) is 6.20 Å². The van der Waals surface area contributed by atoms with Gasteiger partial charge in [-0.2, -0.15) is 0 Å². The fourth-order valence-corrected chi connectivity index (χ4v) is 2.74. The predicted molar refractivity (Wildman–Crippen MR) is 83.4 cm³/mol. The van der Waals surface area contributed by atoms with Crippen LogP contribution in [0.4, 0.5) is 5.82 Å². The summed E-state index contributed by atoms with van der Waals surface area (Å²) in [5.74, 6) is 0.953. The zero-order chi connectivity index (χ0) is 14.3. The zero-order valence-corrected chi connectivity index (χ0v) is 12.2. The normalized spacial score (nSPS) is 18.7. The number of aryl methyl sites for hydroxylation is 1. The Morgan fingerprint density at radius 1 is 1.19 bits per heavy atom. The summed E-state index contributed by atoms with van der Waals surface area (Å²) in [4.78, 5) is 10.8. The van der Waals surface area contributed by atoms with Crippen LogP contribution in [-0.4, -0.2) is 35.8 Å². The minimum atomic E-state index is 0.296. The van der Waals surface area contributed by atoms with E-state index in [4.69, 9.17) is 4.74 Å². The highest BCUT2D eigenvalue weighted by Gasteiger charge is 2.21. The topological polar surface area (TPSA) is 38.2 Å². The summed E-state index contributed by atoms with van der Waals surface area (Å²) in [6, 6.07) is 10.6. The van der Waals surface area contributed by atoms with Crippen LogP contribution in [0.1, 0.15) is 18.4 Å². The van der Waals surface area contributed by atoms with Crippen LogP contribution >= 0.6 is 0 Å². The second kappa shape index (κ2) is 7.18. The standard InChI is InChI=1S/C17H21N3O/c1-2-5-15(6-3-1)7-4-8-16-14-20(11-12-21-16)17-13-18-9-10-19-17/h1-3,5-6,9-10,13,16H,4,7-8,11-12,14H2. The van der Waals surface area contributed by atoms with E-state index in [1.54, 1.807) is 12.4 Å². The first kappa shape index (κ1) is 14.0. The first-order valence-corrected chi connectivity index (χ1v) is 7.58. The molecule has 1 aliphatic heterocycles. The Balaban J connectivity index is 1.48. The molecule has 0 bridgehead atoms. The van der Waals surface area contributed by atoms with Crippen molar-refractivity contribution >= 4 is 5.82 Å². The van der Waals surface area contributed by atoms with Gasteiger partial charge in [0.05, 0.1) is 18.9 Å². The second-order valence-corrected chi connectivity index (χ2v) is 5.38. The number of hydrogen-bond donors (Lipinski definition) is 0. The summed E-state index contributed by atoms with van der Waals surface area (Å²) < 4.78 is 5.88. The molecule has 4 nitrogen and oxygen atoms in total. The van der Waals surface area contributed by atoms with Crippen LogP contribution in [-0.2, 0) is 11.2 Å². The van der Waals surface area contributed by atoms with Crippen molar-refractivity contribution in [1.82, 2.24) is 9.97 Å². The van der Waals surface area contributed by atoms with Crippen molar-refractivity contribution in [3.8, 4) is 0 Å². The van der Waals surface area contributed by atoms with Crippen LogP contribution in [0, 0.1) is 0 Å². The van der Waals surface area contributed by atoms with Crippen molar-refractivity contribution < 1.29 is 4.74 Å². The molecule has 21 heavy (non-hydrogen) atoms. The van der Waals surface area contributed by atoms with Crippen LogP contribution in [0.15, 0.2) is 48.9 Å². The molecule has 1 fully saturated rings. The highest BCUT2D eigenvalue weighted by molar-refractivity contribution is 5.35. The maximum Gasteiger partial charge on any atom is 0.147 e. The van der Waals surface area contributed by atoms with E-state index < -0.39 is 0 Å². The predicted octanol–water partition coefficient (Wildman–Crippen LogP) is 2.70. The molecule has 0 aliphatic carbocycles. The highest BCUT2D eigenvalue weighted by atomic mass is 16.5. The monoisotopic (exact) mass is 283 g/mol. The molecule has 110 valence electrons. The Labute approximate surface area is 125 Å². The van der Waals surface area contributed by atoms with E-state index >= 15 is 0 Å². The quantitative estimate of drug-likeness (QED) is 0.845. The Bertz CT molecular complexity index is 532. The van der Waals surface area contributed by atoms with Gasteiger partial charge in [-0.15, -0.1) is 0 Å². The van der Waals surface area contributed by atoms with E-state index in [1.165, 1.54) is 5.56 Å². The summed E-state index contributed by atoms with van der Waals surface area (Å²) in [6.45, 7) is 2.58. The van der Waals surface area contributed by atoms with E-state index in [2.05, 4.69) is 45.2 Å². The second-order valence-electron chi connectivity index (χ2n) is 5.38. The number of rotatable bonds is 5. The lowest BCUT2D eigenvalue weighted by Crippen LogP contribution is -2.43. The van der Waals surface area contributed by atoms with Crippen molar-refractivity contribution in [2.24, 2.45) is 0 Å². The zero-order valence-electron chi connectivity index (χ0n) is 12.2. The van der Waals surface area contributed by atoms with Gasteiger partial charge in [-0.05, 0) is 24.8 Å². The molecule has 0 saturated carbocycles. The Kier molecular flexibility index (Phi) is 4.79. The molecule has 0 amide bonds. The van der Waals surface area contributed by atoms with Gasteiger partial charge in [-0.25, -0.2) is 4.98 Å². The van der Waals surface area contributed by atoms with Gasteiger partial charge in [0.2, 0.25) is 0 Å². The average Bonchev–Trinajstić information content (AvgIpc) is 2.57. The van der Waals surface area contributed by atoms with Crippen LogP contribution in [0.2, 0.25) is 0 Å². The molecule has 1 atom stereocenters. The molecule has 3 rings (SSSR count). The van der Waals surface area contributed by atoms with Gasteiger partial charge >= 0.3 is 0 Å². The third-order valence-corrected chi connectivity index (χ3v) is 3.85. The first-order chi connectivity index (χ1) is 10.4. The summed E-state index contributed by atoms with van der Waals surface area (Å²) in [7, 11) is 0. The summed E-state index contributed by atoms with van der Waals surface area (Å²) in [5.41, 5.74) is 1.40. The molecule has 4 heteroatoms. The minimum absolute atomic E-state index is 0.296. The lowest BCUT2D eigenvalue weighted by atomic mass is 10.1. The summed E-state index contributed by atoms with van der Waals surface area (Å²) in [6.07, 6.45) is 8.94. The number of hydrogen-bond acceptors (Lipinski definition) is 4. The van der Waals surface area contributed by atoms with Crippen LogP contribution in [0.3, 0.4) is 0 Å². The molecule has 1 aromatic heterocycles. The van der Waals surface area contributed by atoms with Gasteiger partial charge < -0.3 is 9.64 Å². The van der Waals surface area contributed by atoms with E-state index in [-0.39, 0.29) is 0 Å². The van der Waals surface area contributed by atoms with Crippen molar-refractivity contribution in [3.63, 3.8) is 0 Å². The summed E-state index contributed by atoms with van der Waals surface area (Å²) >= 11 is 0. The van der Waals surface area contributed by atoms with Crippen molar-refractivity contribution in [2.45, 2.75) is 25.4 Å². The van der Waals surface area contributed by atoms with Crippen molar-refractivity contribution in [3.05, 3.63) is 54.5 Å². The Morgan fingerprint density at radius 3 is 2.90 bits per heavy atom. The van der Waals surface area contributed by atoms with Crippen LogP contribution in [0.25, 0.3) is 0 Å². The molecule has 1 aromatic carbocycles. The molecule has 2 aromatic rings. The van der Waals surface area contributed by atoms with Gasteiger partial charge in [-0.3, -0.25) is 4.98 Å². The SMILES string of the molecule is c1ccc(CCCC2CN(c3cnccn3)CCO2)cc1. The van der Waals surface area contributed by atoms with Gasteiger partial charge in [-0.1, -0.05) is 30.3 Å².